The van der Waals surface area contributed by atoms with Gasteiger partial charge in [-0.2, -0.15) is 4.31 Å². The summed E-state index contributed by atoms with van der Waals surface area (Å²) in [4.78, 5) is 27.0. The zero-order chi connectivity index (χ0) is 21.5. The molecule has 1 unspecified atom stereocenters. The largest absolute Gasteiger partial charge is 0.324 e. The normalized spacial score (nSPS) is 19.0. The molecule has 0 spiro atoms. The van der Waals surface area contributed by atoms with Gasteiger partial charge in [0.2, 0.25) is 21.8 Å². The summed E-state index contributed by atoms with van der Waals surface area (Å²) in [6, 6.07) is 11.5. The van der Waals surface area contributed by atoms with Crippen LogP contribution in [0, 0.1) is 6.92 Å². The van der Waals surface area contributed by atoms with Gasteiger partial charge in [-0.1, -0.05) is 18.2 Å². The third kappa shape index (κ3) is 3.61. The molecule has 1 N–H and O–H groups in total. The quantitative estimate of drug-likeness (QED) is 0.813. The van der Waals surface area contributed by atoms with Crippen LogP contribution in [-0.2, 0) is 26.0 Å². The number of sulfonamides is 1. The number of carbonyl (C=O) groups excluding carboxylic acids is 2. The average Bonchev–Trinajstić information content (AvgIpc) is 3.37. The molecule has 2 aliphatic heterocycles. The van der Waals surface area contributed by atoms with Crippen LogP contribution in [0.25, 0.3) is 0 Å². The average molecular weight is 428 g/mol. The van der Waals surface area contributed by atoms with E-state index in [-0.39, 0.29) is 23.1 Å². The maximum atomic E-state index is 13.0. The summed E-state index contributed by atoms with van der Waals surface area (Å²) >= 11 is 0. The smallest absolute Gasteiger partial charge is 0.247 e. The molecule has 2 aromatic rings. The number of carbonyl (C=O) groups is 2. The Bertz CT molecular complexity index is 1110. The summed E-state index contributed by atoms with van der Waals surface area (Å²) in [6.45, 7) is 4.37. The monoisotopic (exact) mass is 427 g/mol. The molecule has 2 heterocycles. The fraction of sp³-hybridized carbons (Fsp3) is 0.364. The Hall–Kier alpha value is -2.71. The van der Waals surface area contributed by atoms with Crippen LogP contribution in [-0.4, -0.2) is 43.7 Å². The first-order valence-electron chi connectivity index (χ1n) is 10.1. The minimum Gasteiger partial charge on any atom is -0.324 e. The van der Waals surface area contributed by atoms with E-state index >= 15 is 0 Å². The SMILES string of the molecule is CC(=O)N1c2ccc(S(=O)(=O)N3CCCC3)cc2CC1C(=O)Nc1ccccc1C. The molecule has 0 saturated carbocycles. The van der Waals surface area contributed by atoms with Crippen LogP contribution in [0.15, 0.2) is 47.4 Å². The van der Waals surface area contributed by atoms with Crippen molar-refractivity contribution in [2.75, 3.05) is 23.3 Å². The van der Waals surface area contributed by atoms with Gasteiger partial charge >= 0.3 is 0 Å². The van der Waals surface area contributed by atoms with Crippen LogP contribution >= 0.6 is 0 Å². The molecule has 30 heavy (non-hydrogen) atoms. The van der Waals surface area contributed by atoms with Crippen molar-refractivity contribution in [1.29, 1.82) is 0 Å². The molecule has 0 bridgehead atoms. The Morgan fingerprint density at radius 2 is 1.77 bits per heavy atom. The lowest BCUT2D eigenvalue weighted by Crippen LogP contribution is -2.44. The highest BCUT2D eigenvalue weighted by Crippen LogP contribution is 2.35. The number of anilines is 2. The van der Waals surface area contributed by atoms with E-state index in [0.717, 1.165) is 18.4 Å². The highest BCUT2D eigenvalue weighted by molar-refractivity contribution is 7.89. The van der Waals surface area contributed by atoms with Gasteiger partial charge in [0.05, 0.1) is 4.90 Å². The summed E-state index contributed by atoms with van der Waals surface area (Å²) in [5.74, 6) is -0.548. The van der Waals surface area contributed by atoms with Crippen LogP contribution in [0.1, 0.15) is 30.9 Å². The number of nitrogens with zero attached hydrogens (tertiary/aromatic N) is 2. The summed E-state index contributed by atoms with van der Waals surface area (Å²) in [7, 11) is -3.56. The molecule has 2 aliphatic rings. The minimum absolute atomic E-state index is 0.214. The summed E-state index contributed by atoms with van der Waals surface area (Å²) in [6.07, 6.45) is 2.00. The maximum absolute atomic E-state index is 13.0. The Morgan fingerprint density at radius 3 is 2.43 bits per heavy atom. The second kappa shape index (κ2) is 7.85. The van der Waals surface area contributed by atoms with Crippen molar-refractivity contribution < 1.29 is 18.0 Å². The van der Waals surface area contributed by atoms with Gasteiger partial charge in [-0.05, 0) is 55.2 Å². The van der Waals surface area contributed by atoms with Crippen molar-refractivity contribution in [3.63, 3.8) is 0 Å². The first-order valence-corrected chi connectivity index (χ1v) is 11.5. The van der Waals surface area contributed by atoms with Gasteiger partial charge in [-0.3, -0.25) is 14.5 Å². The van der Waals surface area contributed by atoms with Gasteiger partial charge in [0.15, 0.2) is 0 Å². The van der Waals surface area contributed by atoms with Gasteiger partial charge in [0.1, 0.15) is 6.04 Å². The predicted molar refractivity (Wildman–Crippen MR) is 115 cm³/mol. The Morgan fingerprint density at radius 1 is 1.07 bits per heavy atom. The predicted octanol–water partition coefficient (Wildman–Crippen LogP) is 2.70. The Kier molecular flexibility index (Phi) is 5.38. The van der Waals surface area contributed by atoms with E-state index < -0.39 is 16.1 Å². The number of benzene rings is 2. The zero-order valence-corrected chi connectivity index (χ0v) is 17.9. The van der Waals surface area contributed by atoms with E-state index in [1.54, 1.807) is 12.1 Å². The molecule has 158 valence electrons. The molecule has 2 amide bonds. The molecule has 0 radical (unpaired) electrons. The molecule has 7 nitrogen and oxygen atoms in total. The molecular weight excluding hydrogens is 402 g/mol. The lowest BCUT2D eigenvalue weighted by molar-refractivity contribution is -0.122. The topological polar surface area (TPSA) is 86.8 Å². The fourth-order valence-corrected chi connectivity index (χ4v) is 5.76. The maximum Gasteiger partial charge on any atom is 0.247 e. The van der Waals surface area contributed by atoms with Gasteiger partial charge in [0.25, 0.3) is 0 Å². The van der Waals surface area contributed by atoms with Crippen LogP contribution in [0.2, 0.25) is 0 Å². The Labute approximate surface area is 176 Å². The first kappa shape index (κ1) is 20.6. The van der Waals surface area contributed by atoms with Gasteiger partial charge in [-0.25, -0.2) is 8.42 Å². The first-order chi connectivity index (χ1) is 14.3. The summed E-state index contributed by atoms with van der Waals surface area (Å²) in [5, 5.41) is 2.90. The molecule has 0 aliphatic carbocycles. The van der Waals surface area contributed by atoms with Gasteiger partial charge in [-0.15, -0.1) is 0 Å². The van der Waals surface area contributed by atoms with E-state index in [2.05, 4.69) is 5.32 Å². The van der Waals surface area contributed by atoms with Crippen molar-refractivity contribution in [1.82, 2.24) is 4.31 Å². The number of nitrogens with one attached hydrogen (secondary N) is 1. The second-order valence-electron chi connectivity index (χ2n) is 7.81. The Balaban J connectivity index is 1.63. The second-order valence-corrected chi connectivity index (χ2v) is 9.75. The number of hydrogen-bond donors (Lipinski definition) is 1. The molecule has 1 saturated heterocycles. The summed E-state index contributed by atoms with van der Waals surface area (Å²) < 4.78 is 27.3. The van der Waals surface area contributed by atoms with E-state index in [4.69, 9.17) is 0 Å². The lowest BCUT2D eigenvalue weighted by atomic mass is 10.1. The van der Waals surface area contributed by atoms with Crippen molar-refractivity contribution in [3.05, 3.63) is 53.6 Å². The lowest BCUT2D eigenvalue weighted by Gasteiger charge is -2.24. The number of para-hydroxylation sites is 1. The van der Waals surface area contributed by atoms with Gasteiger partial charge < -0.3 is 5.32 Å². The minimum atomic E-state index is -3.56. The molecule has 4 rings (SSSR count). The number of fused-ring (bicyclic) bond motifs is 1. The molecule has 1 fully saturated rings. The molecule has 0 aromatic heterocycles. The third-order valence-electron chi connectivity index (χ3n) is 5.78. The van der Waals surface area contributed by atoms with Crippen LogP contribution in [0.3, 0.4) is 0 Å². The number of aryl methyl sites for hydroxylation is 1. The third-order valence-corrected chi connectivity index (χ3v) is 7.68. The van der Waals surface area contributed by atoms with Crippen molar-refractivity contribution >= 4 is 33.2 Å². The summed E-state index contributed by atoms with van der Waals surface area (Å²) in [5.41, 5.74) is 2.90. The van der Waals surface area contributed by atoms with Crippen molar-refractivity contribution in [2.24, 2.45) is 0 Å². The zero-order valence-electron chi connectivity index (χ0n) is 17.1. The van der Waals surface area contributed by atoms with E-state index in [0.29, 0.717) is 30.0 Å². The van der Waals surface area contributed by atoms with Crippen LogP contribution in [0.5, 0.6) is 0 Å². The van der Waals surface area contributed by atoms with E-state index in [1.807, 2.05) is 31.2 Å². The molecule has 2 aromatic carbocycles. The standard InChI is InChI=1S/C22H25N3O4S/c1-15-7-3-4-8-19(15)23-22(27)21-14-17-13-18(9-10-20(17)25(21)16(2)26)30(28,29)24-11-5-6-12-24/h3-4,7-10,13,21H,5-6,11-12,14H2,1-2H3,(H,23,27). The number of rotatable bonds is 4. The molecule has 1 atom stereocenters. The van der Waals surface area contributed by atoms with Crippen LogP contribution < -0.4 is 10.2 Å². The fourth-order valence-electron chi connectivity index (χ4n) is 4.19. The highest BCUT2D eigenvalue weighted by Gasteiger charge is 2.38. The highest BCUT2D eigenvalue weighted by atomic mass is 32.2. The van der Waals surface area contributed by atoms with Gasteiger partial charge in [0, 0.05) is 37.8 Å². The number of hydrogen-bond acceptors (Lipinski definition) is 4. The van der Waals surface area contributed by atoms with Crippen molar-refractivity contribution in [2.45, 2.75) is 44.0 Å². The van der Waals surface area contributed by atoms with Crippen molar-refractivity contribution in [3.8, 4) is 0 Å². The molecular formula is C22H25N3O4S. The van der Waals surface area contributed by atoms with E-state index in [1.165, 1.54) is 22.2 Å². The van der Waals surface area contributed by atoms with Crippen LogP contribution in [0.4, 0.5) is 11.4 Å². The molecule has 8 heteroatoms. The number of amides is 2. The van der Waals surface area contributed by atoms with E-state index in [9.17, 15) is 18.0 Å².